The third kappa shape index (κ3) is 6.76. The van der Waals surface area contributed by atoms with Crippen molar-refractivity contribution in [3.05, 3.63) is 71.3 Å². The number of pyridine rings is 1. The van der Waals surface area contributed by atoms with Gasteiger partial charge in [-0.2, -0.15) is 13.2 Å². The summed E-state index contributed by atoms with van der Waals surface area (Å²) in [6.45, 7) is 2.76. The Labute approximate surface area is 220 Å². The van der Waals surface area contributed by atoms with E-state index in [0.717, 1.165) is 30.0 Å². The number of methoxy groups -OCH3 is 1. The lowest BCUT2D eigenvalue weighted by atomic mass is 9.98. The van der Waals surface area contributed by atoms with Crippen LogP contribution in [0.2, 0.25) is 0 Å². The lowest BCUT2D eigenvalue weighted by Crippen LogP contribution is -2.15. The predicted molar refractivity (Wildman–Crippen MR) is 139 cm³/mol. The number of rotatable bonds is 11. The lowest BCUT2D eigenvalue weighted by molar-refractivity contribution is -0.143. The summed E-state index contributed by atoms with van der Waals surface area (Å²) < 4.78 is 56.8. The summed E-state index contributed by atoms with van der Waals surface area (Å²) in [5.74, 6) is 1.12. The number of benzene rings is 2. The first-order valence-corrected chi connectivity index (χ1v) is 12.7. The summed E-state index contributed by atoms with van der Waals surface area (Å²) in [7, 11) is 1.55. The summed E-state index contributed by atoms with van der Waals surface area (Å²) >= 11 is 0. The summed E-state index contributed by atoms with van der Waals surface area (Å²) in [6, 6.07) is 15.2. The molecule has 1 aliphatic carbocycles. The maximum Gasteiger partial charge on any atom is 0.419 e. The van der Waals surface area contributed by atoms with Crippen LogP contribution in [0.25, 0.3) is 11.3 Å². The Morgan fingerprint density at radius 2 is 1.84 bits per heavy atom. The number of alkyl halides is 3. The highest BCUT2D eigenvalue weighted by atomic mass is 19.4. The molecule has 3 aromatic rings. The van der Waals surface area contributed by atoms with Gasteiger partial charge in [0.1, 0.15) is 17.3 Å². The molecule has 6 nitrogen and oxygen atoms in total. The van der Waals surface area contributed by atoms with Gasteiger partial charge in [-0.15, -0.1) is 0 Å². The van der Waals surface area contributed by atoms with E-state index in [1.54, 1.807) is 38.3 Å². The highest BCUT2D eigenvalue weighted by Gasteiger charge is 2.34. The summed E-state index contributed by atoms with van der Waals surface area (Å²) in [4.78, 5) is 16.1. The van der Waals surface area contributed by atoms with Crippen molar-refractivity contribution >= 4 is 11.8 Å². The number of aryl methyl sites for hydroxylation is 1. The smallest absolute Gasteiger partial charge is 0.419 e. The van der Waals surface area contributed by atoms with Gasteiger partial charge in [0.05, 0.1) is 38.0 Å². The monoisotopic (exact) mass is 528 g/mol. The average molecular weight is 529 g/mol. The minimum Gasteiger partial charge on any atom is -0.497 e. The third-order valence-electron chi connectivity index (χ3n) is 6.50. The van der Waals surface area contributed by atoms with Crippen LogP contribution in [-0.4, -0.2) is 37.8 Å². The molecule has 0 amide bonds. The Kier molecular flexibility index (Phi) is 8.76. The van der Waals surface area contributed by atoms with Gasteiger partial charge in [0.25, 0.3) is 0 Å². The lowest BCUT2D eigenvalue weighted by Gasteiger charge is -2.15. The van der Waals surface area contributed by atoms with E-state index < -0.39 is 11.7 Å². The fraction of sp³-hybridized carbons (Fsp3) is 0.379. The Hall–Kier alpha value is -3.75. The van der Waals surface area contributed by atoms with Crippen LogP contribution < -0.4 is 14.8 Å². The largest absolute Gasteiger partial charge is 0.497 e. The highest BCUT2D eigenvalue weighted by Crippen LogP contribution is 2.38. The van der Waals surface area contributed by atoms with Gasteiger partial charge in [0.2, 0.25) is 0 Å². The van der Waals surface area contributed by atoms with Crippen LogP contribution in [-0.2, 0) is 22.1 Å². The van der Waals surface area contributed by atoms with E-state index in [1.807, 2.05) is 18.2 Å². The van der Waals surface area contributed by atoms with Crippen LogP contribution >= 0.6 is 0 Å². The summed E-state index contributed by atoms with van der Waals surface area (Å²) in [5.41, 5.74) is 2.61. The number of carbonyl (C=O) groups is 1. The maximum atomic E-state index is 13.6. The number of esters is 1. The SMILES string of the molecule is CCOC(=O)C[C@@H]1CCc2cc(OCCCNc3nc(-c4ccc(OC)cc4)ccc3C(F)(F)F)ccc21. The molecule has 1 atom stereocenters. The molecule has 9 heteroatoms. The third-order valence-corrected chi connectivity index (χ3v) is 6.50. The zero-order valence-corrected chi connectivity index (χ0v) is 21.4. The number of fused-ring (bicyclic) bond motifs is 1. The van der Waals surface area contributed by atoms with Crippen molar-refractivity contribution in [2.45, 2.75) is 44.7 Å². The van der Waals surface area contributed by atoms with Gasteiger partial charge >= 0.3 is 12.1 Å². The second-order valence-corrected chi connectivity index (χ2v) is 9.05. The first-order valence-electron chi connectivity index (χ1n) is 12.7. The molecule has 202 valence electrons. The Bertz CT molecular complexity index is 1250. The quantitative estimate of drug-likeness (QED) is 0.222. The summed E-state index contributed by atoms with van der Waals surface area (Å²) in [5, 5.41) is 2.84. The molecule has 2 aromatic carbocycles. The molecule has 0 aliphatic heterocycles. The molecule has 1 heterocycles. The summed E-state index contributed by atoms with van der Waals surface area (Å²) in [6.07, 6.45) is -1.91. The molecule has 0 bridgehead atoms. The topological polar surface area (TPSA) is 69.7 Å². The fourth-order valence-electron chi connectivity index (χ4n) is 4.62. The van der Waals surface area contributed by atoms with Crippen molar-refractivity contribution < 1.29 is 32.2 Å². The molecule has 0 radical (unpaired) electrons. The zero-order valence-electron chi connectivity index (χ0n) is 21.4. The standard InChI is InChI=1S/C29H31F3N2O4/c1-3-37-27(35)18-21-6-5-20-17-23(11-12-24(20)21)38-16-4-15-33-28-25(29(30,31)32)13-14-26(34-28)19-7-9-22(36-2)10-8-19/h7-14,17,21H,3-6,15-16,18H2,1-2H3,(H,33,34)/t21-/m0/s1. The van der Waals surface area contributed by atoms with E-state index in [4.69, 9.17) is 14.2 Å². The molecular formula is C29H31F3N2O4. The number of anilines is 1. The molecular weight excluding hydrogens is 497 g/mol. The van der Waals surface area contributed by atoms with Crippen LogP contribution in [0, 0.1) is 0 Å². The predicted octanol–water partition coefficient (Wildman–Crippen LogP) is 6.64. The van der Waals surface area contributed by atoms with Gasteiger partial charge in [-0.05, 0) is 91.8 Å². The molecule has 38 heavy (non-hydrogen) atoms. The van der Waals surface area contributed by atoms with E-state index in [0.29, 0.717) is 48.8 Å². The molecule has 4 rings (SSSR count). The number of hydrogen-bond donors (Lipinski definition) is 1. The minimum atomic E-state index is -4.53. The van der Waals surface area contributed by atoms with E-state index in [-0.39, 0.29) is 24.2 Å². The molecule has 0 saturated heterocycles. The van der Waals surface area contributed by atoms with Crippen LogP contribution in [0.15, 0.2) is 54.6 Å². The zero-order chi connectivity index (χ0) is 27.1. The van der Waals surface area contributed by atoms with Crippen molar-refractivity contribution in [2.24, 2.45) is 0 Å². The number of hydrogen-bond acceptors (Lipinski definition) is 6. The molecule has 1 aliphatic rings. The van der Waals surface area contributed by atoms with Crippen LogP contribution in [0.5, 0.6) is 11.5 Å². The van der Waals surface area contributed by atoms with E-state index in [1.165, 1.54) is 6.07 Å². The van der Waals surface area contributed by atoms with Gasteiger partial charge in [-0.3, -0.25) is 4.79 Å². The van der Waals surface area contributed by atoms with Crippen molar-refractivity contribution in [3.63, 3.8) is 0 Å². The van der Waals surface area contributed by atoms with E-state index >= 15 is 0 Å². The Morgan fingerprint density at radius 3 is 2.55 bits per heavy atom. The molecule has 0 saturated carbocycles. The van der Waals surface area contributed by atoms with E-state index in [9.17, 15) is 18.0 Å². The maximum absolute atomic E-state index is 13.6. The van der Waals surface area contributed by atoms with Gasteiger partial charge in [-0.25, -0.2) is 4.98 Å². The van der Waals surface area contributed by atoms with Gasteiger partial charge < -0.3 is 19.5 Å². The van der Waals surface area contributed by atoms with Crippen molar-refractivity contribution in [3.8, 4) is 22.8 Å². The number of ether oxygens (including phenoxy) is 3. The second-order valence-electron chi connectivity index (χ2n) is 9.05. The van der Waals surface area contributed by atoms with Crippen molar-refractivity contribution in [1.29, 1.82) is 0 Å². The van der Waals surface area contributed by atoms with Crippen molar-refractivity contribution in [1.82, 2.24) is 4.98 Å². The Balaban J connectivity index is 1.33. The molecule has 0 fully saturated rings. The number of carbonyl (C=O) groups excluding carboxylic acids is 1. The van der Waals surface area contributed by atoms with Gasteiger partial charge in [-0.1, -0.05) is 6.07 Å². The highest BCUT2D eigenvalue weighted by molar-refractivity contribution is 5.71. The van der Waals surface area contributed by atoms with Crippen molar-refractivity contribution in [2.75, 3.05) is 32.2 Å². The fourth-order valence-corrected chi connectivity index (χ4v) is 4.62. The van der Waals surface area contributed by atoms with Crippen LogP contribution in [0.4, 0.5) is 19.0 Å². The molecule has 1 aromatic heterocycles. The Morgan fingerprint density at radius 1 is 1.08 bits per heavy atom. The first kappa shape index (κ1) is 27.3. The molecule has 0 spiro atoms. The molecule has 0 unspecified atom stereocenters. The van der Waals surface area contributed by atoms with Crippen LogP contribution in [0.3, 0.4) is 0 Å². The second kappa shape index (κ2) is 12.2. The number of aromatic nitrogens is 1. The van der Waals surface area contributed by atoms with Gasteiger partial charge in [0.15, 0.2) is 0 Å². The molecule has 1 N–H and O–H groups in total. The average Bonchev–Trinajstić information content (AvgIpc) is 3.29. The first-order chi connectivity index (χ1) is 18.3. The normalized spacial score (nSPS) is 14.6. The number of halogens is 3. The minimum absolute atomic E-state index is 0.159. The number of nitrogens with one attached hydrogen (secondary N) is 1. The van der Waals surface area contributed by atoms with E-state index in [2.05, 4.69) is 10.3 Å². The van der Waals surface area contributed by atoms with Crippen LogP contribution in [0.1, 0.15) is 48.8 Å². The number of nitrogens with zero attached hydrogens (tertiary/aromatic N) is 1. The van der Waals surface area contributed by atoms with Gasteiger partial charge in [0, 0.05) is 12.1 Å².